The van der Waals surface area contributed by atoms with Crippen LogP contribution in [0.2, 0.25) is 0 Å². The summed E-state index contributed by atoms with van der Waals surface area (Å²) in [7, 11) is 3.09. The number of amides is 1. The molecule has 0 aliphatic carbocycles. The molecule has 0 aliphatic rings. The van der Waals surface area contributed by atoms with Gasteiger partial charge in [0.25, 0.3) is 0 Å². The number of hydrogen-bond acceptors (Lipinski definition) is 5. The molecule has 0 saturated heterocycles. The van der Waals surface area contributed by atoms with Gasteiger partial charge in [-0.1, -0.05) is 18.2 Å². The number of nitrogens with one attached hydrogen (secondary N) is 1. The Kier molecular flexibility index (Phi) is 6.79. The van der Waals surface area contributed by atoms with Crippen LogP contribution in [0.3, 0.4) is 0 Å². The van der Waals surface area contributed by atoms with Crippen LogP contribution >= 0.6 is 0 Å². The van der Waals surface area contributed by atoms with Gasteiger partial charge in [-0.3, -0.25) is 4.79 Å². The lowest BCUT2D eigenvalue weighted by molar-refractivity contribution is -0.111. The van der Waals surface area contributed by atoms with Gasteiger partial charge in [-0.05, 0) is 37.3 Å². The zero-order valence-electron chi connectivity index (χ0n) is 14.9. The van der Waals surface area contributed by atoms with Crippen molar-refractivity contribution in [3.8, 4) is 11.5 Å². The molecule has 0 unspecified atom stereocenters. The highest BCUT2D eigenvalue weighted by Crippen LogP contribution is 2.31. The van der Waals surface area contributed by atoms with Gasteiger partial charge in [-0.25, -0.2) is 4.79 Å². The topological polar surface area (TPSA) is 73.9 Å². The zero-order chi connectivity index (χ0) is 18.9. The van der Waals surface area contributed by atoms with Gasteiger partial charge in [0, 0.05) is 17.3 Å². The van der Waals surface area contributed by atoms with Gasteiger partial charge in [0.05, 0.1) is 26.4 Å². The third kappa shape index (κ3) is 4.86. The molecule has 2 aromatic carbocycles. The average Bonchev–Trinajstić information content (AvgIpc) is 2.66. The van der Waals surface area contributed by atoms with Crippen molar-refractivity contribution in [3.05, 3.63) is 59.7 Å². The fraction of sp³-hybridized carbons (Fsp3) is 0.200. The lowest BCUT2D eigenvalue weighted by atomic mass is 10.1. The highest BCUT2D eigenvalue weighted by Gasteiger charge is 2.09. The van der Waals surface area contributed by atoms with E-state index in [-0.39, 0.29) is 5.91 Å². The van der Waals surface area contributed by atoms with Crippen molar-refractivity contribution in [2.75, 3.05) is 26.1 Å². The Morgan fingerprint density at radius 3 is 2.54 bits per heavy atom. The molecule has 1 amide bonds. The zero-order valence-corrected chi connectivity index (χ0v) is 14.9. The lowest BCUT2D eigenvalue weighted by Gasteiger charge is -2.10. The molecule has 0 bridgehead atoms. The van der Waals surface area contributed by atoms with Gasteiger partial charge in [0.15, 0.2) is 11.5 Å². The molecule has 0 radical (unpaired) electrons. The second-order valence-electron chi connectivity index (χ2n) is 5.21. The van der Waals surface area contributed by atoms with Gasteiger partial charge in [0.1, 0.15) is 0 Å². The van der Waals surface area contributed by atoms with Gasteiger partial charge in [0.2, 0.25) is 5.91 Å². The molecule has 0 aromatic heterocycles. The Bertz CT molecular complexity index is 814. The number of methoxy groups -OCH3 is 2. The van der Waals surface area contributed by atoms with Gasteiger partial charge in [-0.2, -0.15) is 0 Å². The molecule has 0 saturated carbocycles. The van der Waals surface area contributed by atoms with E-state index in [2.05, 4.69) is 5.32 Å². The molecule has 136 valence electrons. The maximum Gasteiger partial charge on any atom is 0.338 e. The van der Waals surface area contributed by atoms with E-state index in [0.717, 1.165) is 0 Å². The van der Waals surface area contributed by atoms with Crippen LogP contribution in [0.15, 0.2) is 48.5 Å². The number of ether oxygens (including phenoxy) is 3. The third-order valence-electron chi connectivity index (χ3n) is 3.49. The van der Waals surface area contributed by atoms with Crippen molar-refractivity contribution in [1.82, 2.24) is 0 Å². The van der Waals surface area contributed by atoms with Crippen molar-refractivity contribution in [1.29, 1.82) is 0 Å². The molecule has 6 nitrogen and oxygen atoms in total. The van der Waals surface area contributed by atoms with Crippen molar-refractivity contribution >= 4 is 23.6 Å². The van der Waals surface area contributed by atoms with Crippen LogP contribution < -0.4 is 14.8 Å². The summed E-state index contributed by atoms with van der Waals surface area (Å²) in [5, 5.41) is 2.71. The van der Waals surface area contributed by atoms with Crippen molar-refractivity contribution in [3.63, 3.8) is 0 Å². The Morgan fingerprint density at radius 2 is 1.85 bits per heavy atom. The van der Waals surface area contributed by atoms with E-state index in [9.17, 15) is 9.59 Å². The SMILES string of the molecule is CCOC(=O)c1cccc(NC(=O)/C=C/c2cccc(OC)c2OC)c1. The summed E-state index contributed by atoms with van der Waals surface area (Å²) in [6, 6.07) is 12.0. The summed E-state index contributed by atoms with van der Waals surface area (Å²) >= 11 is 0. The molecule has 1 N–H and O–H groups in total. The summed E-state index contributed by atoms with van der Waals surface area (Å²) in [4.78, 5) is 23.9. The molecular weight excluding hydrogens is 334 g/mol. The maximum absolute atomic E-state index is 12.2. The third-order valence-corrected chi connectivity index (χ3v) is 3.49. The number of carbonyl (C=O) groups excluding carboxylic acids is 2. The molecule has 26 heavy (non-hydrogen) atoms. The molecule has 0 atom stereocenters. The Hall–Kier alpha value is -3.28. The standard InChI is InChI=1S/C20H21NO5/c1-4-26-20(23)15-8-5-9-16(13-15)21-18(22)12-11-14-7-6-10-17(24-2)19(14)25-3/h5-13H,4H2,1-3H3,(H,21,22)/b12-11+. The van der Waals surface area contributed by atoms with Crippen LogP contribution in [0.5, 0.6) is 11.5 Å². The number of esters is 1. The first-order valence-corrected chi connectivity index (χ1v) is 8.06. The van der Waals surface area contributed by atoms with Crippen LogP contribution in [0.25, 0.3) is 6.08 Å². The predicted molar refractivity (Wildman–Crippen MR) is 99.6 cm³/mol. The number of benzene rings is 2. The van der Waals surface area contributed by atoms with Crippen LogP contribution in [-0.2, 0) is 9.53 Å². The summed E-state index contributed by atoms with van der Waals surface area (Å²) < 4.78 is 15.5. The molecule has 0 aliphatic heterocycles. The summed E-state index contributed by atoms with van der Waals surface area (Å²) in [6.45, 7) is 2.03. The van der Waals surface area contributed by atoms with E-state index < -0.39 is 5.97 Å². The fourth-order valence-corrected chi connectivity index (χ4v) is 2.33. The van der Waals surface area contributed by atoms with E-state index in [4.69, 9.17) is 14.2 Å². The number of hydrogen-bond donors (Lipinski definition) is 1. The molecule has 0 heterocycles. The van der Waals surface area contributed by atoms with Gasteiger partial charge < -0.3 is 19.5 Å². The minimum Gasteiger partial charge on any atom is -0.493 e. The monoisotopic (exact) mass is 355 g/mol. The molecule has 2 aromatic rings. The van der Waals surface area contributed by atoms with Crippen molar-refractivity contribution < 1.29 is 23.8 Å². The highest BCUT2D eigenvalue weighted by atomic mass is 16.5. The van der Waals surface area contributed by atoms with E-state index in [1.165, 1.54) is 13.2 Å². The number of carbonyl (C=O) groups is 2. The molecule has 0 fully saturated rings. The predicted octanol–water partition coefficient (Wildman–Crippen LogP) is 3.53. The molecule has 2 rings (SSSR count). The largest absolute Gasteiger partial charge is 0.493 e. The number of rotatable bonds is 7. The Balaban J connectivity index is 2.11. The number of para-hydroxylation sites is 1. The van der Waals surface area contributed by atoms with E-state index in [1.54, 1.807) is 50.4 Å². The Labute approximate surface area is 152 Å². The van der Waals surface area contributed by atoms with Gasteiger partial charge >= 0.3 is 5.97 Å². The first-order valence-electron chi connectivity index (χ1n) is 8.06. The normalized spacial score (nSPS) is 10.4. The van der Waals surface area contributed by atoms with Crippen molar-refractivity contribution in [2.24, 2.45) is 0 Å². The summed E-state index contributed by atoms with van der Waals surface area (Å²) in [5.41, 5.74) is 1.59. The fourth-order valence-electron chi connectivity index (χ4n) is 2.33. The molecule has 6 heteroatoms. The Morgan fingerprint density at radius 1 is 1.08 bits per heavy atom. The van der Waals surface area contributed by atoms with Crippen molar-refractivity contribution in [2.45, 2.75) is 6.92 Å². The van der Waals surface area contributed by atoms with E-state index in [1.807, 2.05) is 12.1 Å². The quantitative estimate of drug-likeness (QED) is 0.607. The van der Waals surface area contributed by atoms with Crippen LogP contribution in [0.1, 0.15) is 22.8 Å². The molecule has 0 spiro atoms. The second-order valence-corrected chi connectivity index (χ2v) is 5.21. The van der Waals surface area contributed by atoms with E-state index >= 15 is 0 Å². The summed E-state index contributed by atoms with van der Waals surface area (Å²) in [5.74, 6) is 0.358. The first-order chi connectivity index (χ1) is 12.6. The van der Waals surface area contributed by atoms with Crippen LogP contribution in [0, 0.1) is 0 Å². The maximum atomic E-state index is 12.2. The smallest absolute Gasteiger partial charge is 0.338 e. The highest BCUT2D eigenvalue weighted by molar-refractivity contribution is 6.03. The first kappa shape index (κ1) is 19.1. The van der Waals surface area contributed by atoms with Gasteiger partial charge in [-0.15, -0.1) is 0 Å². The van der Waals surface area contributed by atoms with Crippen LogP contribution in [0.4, 0.5) is 5.69 Å². The minimum absolute atomic E-state index is 0.292. The van der Waals surface area contributed by atoms with E-state index in [0.29, 0.717) is 34.9 Å². The molecular formula is C20H21NO5. The average molecular weight is 355 g/mol. The summed E-state index contributed by atoms with van der Waals surface area (Å²) in [6.07, 6.45) is 3.01. The minimum atomic E-state index is -0.430. The number of anilines is 1. The van der Waals surface area contributed by atoms with Crippen LogP contribution in [-0.4, -0.2) is 32.7 Å². The lowest BCUT2D eigenvalue weighted by Crippen LogP contribution is -2.09. The second kappa shape index (κ2) is 9.27.